The first kappa shape index (κ1) is 27.0. The van der Waals surface area contributed by atoms with Crippen LogP contribution in [0.2, 0.25) is 0 Å². The maximum Gasteiger partial charge on any atom is 0.275 e. The lowest BCUT2D eigenvalue weighted by Gasteiger charge is -2.20. The number of hydrogen-bond acceptors (Lipinski definition) is 8. The van der Waals surface area contributed by atoms with Crippen molar-refractivity contribution in [1.82, 2.24) is 15.2 Å². The minimum Gasteiger partial charge on any atom is -0.381 e. The Morgan fingerprint density at radius 2 is 2.24 bits per heavy atom. The molecule has 2 amide bonds. The number of aromatic nitrogens is 1. The molecule has 2 unspecified atom stereocenters. The normalized spacial score (nSPS) is 24.4. The summed E-state index contributed by atoms with van der Waals surface area (Å²) in [6.45, 7) is 3.63. The van der Waals surface area contributed by atoms with Crippen LogP contribution in [-0.2, 0) is 16.0 Å². The summed E-state index contributed by atoms with van der Waals surface area (Å²) in [4.78, 5) is 35.1. The first-order chi connectivity index (χ1) is 18.4. The van der Waals surface area contributed by atoms with Gasteiger partial charge in [0.2, 0.25) is 0 Å². The fourth-order valence-electron chi connectivity index (χ4n) is 5.54. The van der Waals surface area contributed by atoms with E-state index in [0.29, 0.717) is 29.5 Å². The van der Waals surface area contributed by atoms with Gasteiger partial charge in [-0.2, -0.15) is 0 Å². The molecule has 9 nitrogen and oxygen atoms in total. The second-order valence-electron chi connectivity index (χ2n) is 10.5. The second kappa shape index (κ2) is 11.6. The van der Waals surface area contributed by atoms with E-state index in [2.05, 4.69) is 32.5 Å². The Kier molecular flexibility index (Phi) is 8.27. The lowest BCUT2D eigenvalue weighted by atomic mass is 10.0. The zero-order valence-corrected chi connectivity index (χ0v) is 22.8. The molecule has 2 saturated heterocycles. The van der Waals surface area contributed by atoms with Crippen LogP contribution >= 0.6 is 11.3 Å². The van der Waals surface area contributed by atoms with Gasteiger partial charge in [-0.1, -0.05) is 6.07 Å². The third kappa shape index (κ3) is 5.85. The number of ether oxygens (including phenoxy) is 2. The van der Waals surface area contributed by atoms with E-state index in [9.17, 15) is 14.0 Å². The lowest BCUT2D eigenvalue weighted by Crippen LogP contribution is -2.28. The van der Waals surface area contributed by atoms with Gasteiger partial charge in [-0.15, -0.1) is 11.3 Å². The number of methoxy groups -OCH3 is 1. The van der Waals surface area contributed by atoms with E-state index in [4.69, 9.17) is 9.47 Å². The van der Waals surface area contributed by atoms with E-state index in [1.54, 1.807) is 18.6 Å². The molecule has 3 fully saturated rings. The lowest BCUT2D eigenvalue weighted by molar-refractivity contribution is 0.0953. The molecule has 206 valence electrons. The summed E-state index contributed by atoms with van der Waals surface area (Å²) < 4.78 is 23.7. The van der Waals surface area contributed by atoms with Gasteiger partial charge in [0.15, 0.2) is 5.13 Å². The van der Waals surface area contributed by atoms with Crippen molar-refractivity contribution in [1.29, 1.82) is 0 Å². The highest BCUT2D eigenvalue weighted by Crippen LogP contribution is 2.55. The minimum atomic E-state index is -0.504. The number of halogens is 1. The summed E-state index contributed by atoms with van der Waals surface area (Å²) >= 11 is 1.42. The predicted octanol–water partition coefficient (Wildman–Crippen LogP) is 3.32. The van der Waals surface area contributed by atoms with Crippen molar-refractivity contribution in [2.75, 3.05) is 63.9 Å². The molecule has 2 aromatic rings. The van der Waals surface area contributed by atoms with Crippen LogP contribution in [0.15, 0.2) is 23.6 Å². The summed E-state index contributed by atoms with van der Waals surface area (Å²) in [5.41, 5.74) is 2.31. The van der Waals surface area contributed by atoms with Crippen molar-refractivity contribution >= 4 is 34.0 Å². The number of carbonyl (C=O) groups excluding carboxylic acids is 2. The average Bonchev–Trinajstić information content (AvgIpc) is 3.37. The van der Waals surface area contributed by atoms with Crippen molar-refractivity contribution in [3.05, 3.63) is 40.4 Å². The SMILES string of the molecule is CO[C@H]1CCN(c2nc(C(=O)Nc3ccc(CN(C)C4CC45CCOC5)cc3C(=O)NCCCF)cs2)C1. The summed E-state index contributed by atoms with van der Waals surface area (Å²) in [5.74, 6) is -0.717. The number of nitrogens with zero attached hydrogens (tertiary/aromatic N) is 3. The molecular formula is C27H36FN5O4S. The summed E-state index contributed by atoms with van der Waals surface area (Å²) in [6, 6.07) is 5.99. The van der Waals surface area contributed by atoms with Gasteiger partial charge in [-0.3, -0.25) is 18.9 Å². The van der Waals surface area contributed by atoms with Crippen LogP contribution in [0.4, 0.5) is 15.2 Å². The van der Waals surface area contributed by atoms with Gasteiger partial charge in [0.05, 0.1) is 30.6 Å². The Balaban J connectivity index is 1.28. The first-order valence-electron chi connectivity index (χ1n) is 13.2. The van der Waals surface area contributed by atoms with E-state index < -0.39 is 6.67 Å². The molecule has 2 aliphatic heterocycles. The monoisotopic (exact) mass is 545 g/mol. The average molecular weight is 546 g/mol. The van der Waals surface area contributed by atoms with Gasteiger partial charge in [-0.05, 0) is 50.4 Å². The van der Waals surface area contributed by atoms with Gasteiger partial charge >= 0.3 is 0 Å². The maximum absolute atomic E-state index is 13.1. The smallest absolute Gasteiger partial charge is 0.275 e. The molecule has 3 atom stereocenters. The van der Waals surface area contributed by atoms with Gasteiger partial charge < -0.3 is 25.0 Å². The molecule has 1 aliphatic carbocycles. The highest BCUT2D eigenvalue weighted by atomic mass is 32.1. The standard InChI is InChI=1S/C27H36FN5O4S/c1-32(23-13-27(23)7-11-37-17-27)14-18-4-5-21(20(12-18)24(34)29-9-3-8-28)30-25(35)22-16-38-26(31-22)33-10-6-19(15-33)36-2/h4-5,12,16,19,23H,3,6-11,13-15,17H2,1-2H3,(H,29,34)(H,30,35)/t19-,23?,27?/m0/s1. The van der Waals surface area contributed by atoms with E-state index in [1.807, 2.05) is 12.1 Å². The fourth-order valence-corrected chi connectivity index (χ4v) is 6.38. The van der Waals surface area contributed by atoms with Gasteiger partial charge in [0.25, 0.3) is 11.8 Å². The molecule has 0 bridgehead atoms. The predicted molar refractivity (Wildman–Crippen MR) is 145 cm³/mol. The van der Waals surface area contributed by atoms with Crippen LogP contribution in [0, 0.1) is 5.41 Å². The largest absolute Gasteiger partial charge is 0.381 e. The van der Waals surface area contributed by atoms with Crippen LogP contribution in [0.25, 0.3) is 0 Å². The number of amides is 2. The van der Waals surface area contributed by atoms with Crippen LogP contribution in [0.1, 0.15) is 52.1 Å². The van der Waals surface area contributed by atoms with Crippen molar-refractivity contribution in [3.63, 3.8) is 0 Å². The number of benzene rings is 1. The van der Waals surface area contributed by atoms with Crippen molar-refractivity contribution in [2.24, 2.45) is 5.41 Å². The highest BCUT2D eigenvalue weighted by molar-refractivity contribution is 7.14. The number of rotatable bonds is 11. The number of anilines is 2. The van der Waals surface area contributed by atoms with Crippen molar-refractivity contribution in [2.45, 2.75) is 44.4 Å². The van der Waals surface area contributed by atoms with E-state index in [1.165, 1.54) is 11.3 Å². The molecule has 1 spiro atoms. The zero-order valence-electron chi connectivity index (χ0n) is 22.0. The highest BCUT2D eigenvalue weighted by Gasteiger charge is 2.57. The molecule has 11 heteroatoms. The number of hydrogen-bond donors (Lipinski definition) is 2. The molecule has 0 radical (unpaired) electrons. The molecule has 38 heavy (non-hydrogen) atoms. The molecule has 5 rings (SSSR count). The van der Waals surface area contributed by atoms with E-state index in [0.717, 1.165) is 56.3 Å². The van der Waals surface area contributed by atoms with Crippen molar-refractivity contribution < 1.29 is 23.5 Å². The summed E-state index contributed by atoms with van der Waals surface area (Å²) in [5, 5.41) is 8.15. The minimum absolute atomic E-state index is 0.171. The molecule has 3 heterocycles. The second-order valence-corrected chi connectivity index (χ2v) is 11.4. The molecule has 2 N–H and O–H groups in total. The van der Waals surface area contributed by atoms with Crippen LogP contribution in [-0.4, -0.2) is 87.5 Å². The number of carbonyl (C=O) groups is 2. The number of alkyl halides is 1. The van der Waals surface area contributed by atoms with Crippen molar-refractivity contribution in [3.8, 4) is 0 Å². The van der Waals surface area contributed by atoms with Crippen LogP contribution in [0.3, 0.4) is 0 Å². The Bertz CT molecular complexity index is 1150. The quantitative estimate of drug-likeness (QED) is 0.418. The summed E-state index contributed by atoms with van der Waals surface area (Å²) in [7, 11) is 3.81. The molecule has 1 aromatic carbocycles. The third-order valence-electron chi connectivity index (χ3n) is 7.89. The maximum atomic E-state index is 13.1. The van der Waals surface area contributed by atoms with E-state index >= 15 is 0 Å². The fraction of sp³-hybridized carbons (Fsp3) is 0.593. The Hall–Kier alpha value is -2.60. The number of thiazole rings is 1. The van der Waals surface area contributed by atoms with E-state index in [-0.39, 0.29) is 36.3 Å². The molecule has 1 saturated carbocycles. The van der Waals surface area contributed by atoms with Gasteiger partial charge in [0.1, 0.15) is 5.69 Å². The Morgan fingerprint density at radius 1 is 1.37 bits per heavy atom. The van der Waals surface area contributed by atoms with Gasteiger partial charge in [0, 0.05) is 56.7 Å². The van der Waals surface area contributed by atoms with Gasteiger partial charge in [-0.25, -0.2) is 4.98 Å². The Labute approximate surface area is 226 Å². The van der Waals surface area contributed by atoms with Crippen LogP contribution in [0.5, 0.6) is 0 Å². The topological polar surface area (TPSA) is 96.0 Å². The molecular weight excluding hydrogens is 509 g/mol. The number of nitrogens with one attached hydrogen (secondary N) is 2. The third-order valence-corrected chi connectivity index (χ3v) is 8.79. The van der Waals surface area contributed by atoms with Crippen LogP contribution < -0.4 is 15.5 Å². The summed E-state index contributed by atoms with van der Waals surface area (Å²) in [6.07, 6.45) is 3.56. The molecule has 1 aromatic heterocycles. The first-order valence-corrected chi connectivity index (χ1v) is 14.1. The Morgan fingerprint density at radius 3 is 2.97 bits per heavy atom. The zero-order chi connectivity index (χ0) is 26.7. The molecule has 3 aliphatic rings.